The van der Waals surface area contributed by atoms with Crippen LogP contribution in [0.2, 0.25) is 0 Å². The van der Waals surface area contributed by atoms with Gasteiger partial charge in [0, 0.05) is 20.2 Å². The van der Waals surface area contributed by atoms with Crippen molar-refractivity contribution in [3.63, 3.8) is 0 Å². The average Bonchev–Trinajstić information content (AvgIpc) is 2.63. The van der Waals surface area contributed by atoms with Crippen molar-refractivity contribution in [3.05, 3.63) is 0 Å². The van der Waals surface area contributed by atoms with E-state index in [9.17, 15) is 0 Å². The first-order valence-electron chi connectivity index (χ1n) is 7.08. The van der Waals surface area contributed by atoms with Crippen molar-refractivity contribution in [1.29, 1.82) is 0 Å². The topological polar surface area (TPSA) is 62.9 Å². The van der Waals surface area contributed by atoms with Crippen molar-refractivity contribution in [3.8, 4) is 0 Å². The Morgan fingerprint density at radius 3 is 2.67 bits per heavy atom. The Labute approximate surface area is 111 Å². The first kappa shape index (κ1) is 15.2. The smallest absolute Gasteiger partial charge is 0.188 e. The predicted molar refractivity (Wildman–Crippen MR) is 75.9 cm³/mol. The first-order valence-corrected chi connectivity index (χ1v) is 7.08. The molecule has 0 aromatic carbocycles. The van der Waals surface area contributed by atoms with Crippen molar-refractivity contribution < 1.29 is 4.74 Å². The van der Waals surface area contributed by atoms with Crippen LogP contribution in [0, 0.1) is 0 Å². The maximum atomic E-state index is 5.73. The van der Waals surface area contributed by atoms with E-state index in [4.69, 9.17) is 10.5 Å². The molecule has 3 N–H and O–H groups in total. The molecule has 1 heterocycles. The molecule has 0 aliphatic carbocycles. The third kappa shape index (κ3) is 7.50. The van der Waals surface area contributed by atoms with E-state index in [1.54, 1.807) is 7.11 Å². The summed E-state index contributed by atoms with van der Waals surface area (Å²) < 4.78 is 4.93. The first-order chi connectivity index (χ1) is 8.83. The van der Waals surface area contributed by atoms with Crippen molar-refractivity contribution >= 4 is 5.96 Å². The highest BCUT2D eigenvalue weighted by Crippen LogP contribution is 2.09. The molecule has 1 rings (SSSR count). The standard InChI is InChI=1S/C13H28N4O/c1-18-12-8-16-13(14)15-7-6-11-17-9-4-2-3-5-10-17/h2-12H2,1H3,(H3,14,15,16). The molecule has 1 fully saturated rings. The number of likely N-dealkylation sites (tertiary alicyclic amines) is 1. The van der Waals surface area contributed by atoms with Crippen molar-refractivity contribution in [2.24, 2.45) is 10.7 Å². The zero-order chi connectivity index (χ0) is 13.1. The molecule has 1 aliphatic rings. The molecule has 5 heteroatoms. The van der Waals surface area contributed by atoms with Crippen LogP contribution in [0.3, 0.4) is 0 Å². The summed E-state index contributed by atoms with van der Waals surface area (Å²) in [4.78, 5) is 6.86. The number of rotatable bonds is 7. The maximum Gasteiger partial charge on any atom is 0.188 e. The average molecular weight is 256 g/mol. The zero-order valence-corrected chi connectivity index (χ0v) is 11.7. The monoisotopic (exact) mass is 256 g/mol. The van der Waals surface area contributed by atoms with Crippen LogP contribution < -0.4 is 11.1 Å². The number of nitrogens with zero attached hydrogens (tertiary/aromatic N) is 2. The predicted octanol–water partition coefficient (Wildman–Crippen LogP) is 0.803. The van der Waals surface area contributed by atoms with E-state index >= 15 is 0 Å². The molecule has 0 aromatic rings. The highest BCUT2D eigenvalue weighted by Gasteiger charge is 2.07. The second-order valence-corrected chi connectivity index (χ2v) is 4.80. The molecule has 18 heavy (non-hydrogen) atoms. The highest BCUT2D eigenvalue weighted by molar-refractivity contribution is 5.77. The maximum absolute atomic E-state index is 5.73. The fourth-order valence-electron chi connectivity index (χ4n) is 2.19. The number of hydrogen-bond donors (Lipinski definition) is 2. The van der Waals surface area contributed by atoms with Crippen LogP contribution in [-0.4, -0.2) is 57.3 Å². The summed E-state index contributed by atoms with van der Waals surface area (Å²) in [5, 5.41) is 3.02. The summed E-state index contributed by atoms with van der Waals surface area (Å²) in [6, 6.07) is 0. The Hall–Kier alpha value is -0.810. The number of hydrogen-bond acceptors (Lipinski definition) is 3. The lowest BCUT2D eigenvalue weighted by atomic mass is 10.2. The van der Waals surface area contributed by atoms with Gasteiger partial charge in [0.15, 0.2) is 5.96 Å². The summed E-state index contributed by atoms with van der Waals surface area (Å²) in [5.74, 6) is 0.530. The van der Waals surface area contributed by atoms with E-state index in [1.807, 2.05) is 0 Å². The number of aliphatic imine (C=N–C) groups is 1. The summed E-state index contributed by atoms with van der Waals surface area (Å²) in [5.41, 5.74) is 5.73. The van der Waals surface area contributed by atoms with Crippen molar-refractivity contribution in [1.82, 2.24) is 10.2 Å². The summed E-state index contributed by atoms with van der Waals surface area (Å²) in [6.07, 6.45) is 6.58. The van der Waals surface area contributed by atoms with Gasteiger partial charge < -0.3 is 20.7 Å². The zero-order valence-electron chi connectivity index (χ0n) is 11.7. The second kappa shape index (κ2) is 10.1. The van der Waals surface area contributed by atoms with Crippen molar-refractivity contribution in [2.45, 2.75) is 32.1 Å². The normalized spacial score (nSPS) is 18.6. The van der Waals surface area contributed by atoms with Gasteiger partial charge in [0.25, 0.3) is 0 Å². The van der Waals surface area contributed by atoms with Gasteiger partial charge in [-0.1, -0.05) is 12.8 Å². The third-order valence-electron chi connectivity index (χ3n) is 3.23. The molecular weight excluding hydrogens is 228 g/mol. The van der Waals surface area contributed by atoms with Crippen LogP contribution in [0.5, 0.6) is 0 Å². The van der Waals surface area contributed by atoms with Crippen LogP contribution in [0.15, 0.2) is 4.99 Å². The number of methoxy groups -OCH3 is 1. The molecule has 0 spiro atoms. The van der Waals surface area contributed by atoms with Crippen LogP contribution in [0.1, 0.15) is 32.1 Å². The van der Waals surface area contributed by atoms with Gasteiger partial charge in [0.05, 0.1) is 6.61 Å². The Morgan fingerprint density at radius 1 is 1.28 bits per heavy atom. The number of nitrogens with one attached hydrogen (secondary N) is 1. The lowest BCUT2D eigenvalue weighted by molar-refractivity contribution is 0.204. The quantitative estimate of drug-likeness (QED) is 0.402. The largest absolute Gasteiger partial charge is 0.383 e. The highest BCUT2D eigenvalue weighted by atomic mass is 16.5. The molecule has 0 amide bonds. The number of guanidine groups is 1. The van der Waals surface area contributed by atoms with Gasteiger partial charge >= 0.3 is 0 Å². The Balaban J connectivity index is 2.03. The molecule has 1 saturated heterocycles. The van der Waals surface area contributed by atoms with E-state index in [-0.39, 0.29) is 0 Å². The second-order valence-electron chi connectivity index (χ2n) is 4.80. The van der Waals surface area contributed by atoms with Gasteiger partial charge in [-0.05, 0) is 38.9 Å². The van der Waals surface area contributed by atoms with Crippen LogP contribution in [0.25, 0.3) is 0 Å². The van der Waals surface area contributed by atoms with Gasteiger partial charge in [-0.25, -0.2) is 0 Å². The lowest BCUT2D eigenvalue weighted by Gasteiger charge is -2.18. The minimum Gasteiger partial charge on any atom is -0.383 e. The van der Waals surface area contributed by atoms with Crippen LogP contribution in [0.4, 0.5) is 0 Å². The summed E-state index contributed by atoms with van der Waals surface area (Å²) >= 11 is 0. The molecule has 0 unspecified atom stereocenters. The van der Waals surface area contributed by atoms with Gasteiger partial charge in [-0.2, -0.15) is 0 Å². The molecule has 0 atom stereocenters. The van der Waals surface area contributed by atoms with E-state index in [1.165, 1.54) is 38.8 Å². The molecule has 1 aliphatic heterocycles. The van der Waals surface area contributed by atoms with Crippen LogP contribution >= 0.6 is 0 Å². The summed E-state index contributed by atoms with van der Waals surface area (Å²) in [7, 11) is 1.68. The number of ether oxygens (including phenoxy) is 1. The Morgan fingerprint density at radius 2 is 2.00 bits per heavy atom. The minimum absolute atomic E-state index is 0.530. The van der Waals surface area contributed by atoms with Gasteiger partial charge in [0.2, 0.25) is 0 Å². The van der Waals surface area contributed by atoms with Gasteiger partial charge in [-0.3, -0.25) is 4.99 Å². The van der Waals surface area contributed by atoms with E-state index in [0.717, 1.165) is 26.1 Å². The molecule has 0 aromatic heterocycles. The van der Waals surface area contributed by atoms with E-state index in [2.05, 4.69) is 15.2 Å². The molecule has 5 nitrogen and oxygen atoms in total. The minimum atomic E-state index is 0.530. The molecule has 0 saturated carbocycles. The Bertz CT molecular complexity index is 225. The fraction of sp³-hybridized carbons (Fsp3) is 0.923. The molecule has 106 valence electrons. The van der Waals surface area contributed by atoms with Gasteiger partial charge in [0.1, 0.15) is 0 Å². The van der Waals surface area contributed by atoms with Gasteiger partial charge in [-0.15, -0.1) is 0 Å². The fourth-order valence-corrected chi connectivity index (χ4v) is 2.19. The lowest BCUT2D eigenvalue weighted by Crippen LogP contribution is -2.34. The van der Waals surface area contributed by atoms with Crippen LogP contribution in [-0.2, 0) is 4.74 Å². The number of nitrogens with two attached hydrogens (primary N) is 1. The van der Waals surface area contributed by atoms with Crippen molar-refractivity contribution in [2.75, 3.05) is 46.4 Å². The third-order valence-corrected chi connectivity index (χ3v) is 3.23. The van der Waals surface area contributed by atoms with E-state index < -0.39 is 0 Å². The Kier molecular flexibility index (Phi) is 8.59. The molecule has 0 radical (unpaired) electrons. The molecule has 0 bridgehead atoms. The molecular formula is C13H28N4O. The summed E-state index contributed by atoms with van der Waals surface area (Å²) in [6.45, 7) is 5.84. The van der Waals surface area contributed by atoms with E-state index in [0.29, 0.717) is 12.6 Å². The SMILES string of the molecule is COCCNC(N)=NCCCN1CCCCCC1.